The summed E-state index contributed by atoms with van der Waals surface area (Å²) in [5, 5.41) is 0. The van der Waals surface area contributed by atoms with Crippen molar-refractivity contribution in [2.24, 2.45) is 0 Å². The van der Waals surface area contributed by atoms with Gasteiger partial charge in [0.1, 0.15) is 13.4 Å². The van der Waals surface area contributed by atoms with Gasteiger partial charge in [-0.25, -0.2) is 0 Å². The van der Waals surface area contributed by atoms with Crippen molar-refractivity contribution in [1.29, 1.82) is 0 Å². The molecule has 0 bridgehead atoms. The Labute approximate surface area is 80.5 Å². The topological polar surface area (TPSA) is 0 Å². The largest absolute Gasteiger partial charge is 2.00 e. The molecule has 0 atom stereocenters. The Hall–Kier alpha value is 1.01. The van der Waals surface area contributed by atoms with Gasteiger partial charge in [-0.1, -0.05) is 26.1 Å². The van der Waals surface area contributed by atoms with Gasteiger partial charge >= 0.3 is 26.2 Å². The van der Waals surface area contributed by atoms with Crippen molar-refractivity contribution in [2.45, 2.75) is 26.1 Å². The summed E-state index contributed by atoms with van der Waals surface area (Å²) in [6, 6.07) is 0. The first kappa shape index (κ1) is 16.5. The van der Waals surface area contributed by atoms with Crippen LogP contribution in [0, 0.1) is 14.9 Å². The van der Waals surface area contributed by atoms with E-state index in [4.69, 9.17) is 0 Å². The van der Waals surface area contributed by atoms with E-state index < -0.39 is 0 Å². The van der Waals surface area contributed by atoms with Gasteiger partial charge in [0.15, 0.2) is 0 Å². The summed E-state index contributed by atoms with van der Waals surface area (Å²) in [4.78, 5) is 0. The van der Waals surface area contributed by atoms with Gasteiger partial charge in [-0.2, -0.15) is 0 Å². The van der Waals surface area contributed by atoms with Gasteiger partial charge in [-0.3, -0.25) is 0 Å². The van der Waals surface area contributed by atoms with E-state index in [1.54, 1.807) is 0 Å². The number of rotatable bonds is 0. The van der Waals surface area contributed by atoms with E-state index in [2.05, 4.69) is 13.6 Å². The van der Waals surface area contributed by atoms with Crippen LogP contribution < -0.4 is 0 Å². The third-order valence-corrected chi connectivity index (χ3v) is 1.61. The van der Waals surface area contributed by atoms with Crippen LogP contribution in [0.1, 0.15) is 0 Å². The predicted octanol–water partition coefficient (Wildman–Crippen LogP) is 2.23. The van der Waals surface area contributed by atoms with Crippen molar-refractivity contribution in [1.82, 2.24) is 0 Å². The summed E-state index contributed by atoms with van der Waals surface area (Å²) in [7, 11) is 0. The average molecular weight is 201 g/mol. The molecule has 0 aliphatic carbocycles. The molecule has 0 saturated carbocycles. The van der Waals surface area contributed by atoms with Crippen molar-refractivity contribution in [3.8, 4) is 0 Å². The zero-order valence-corrected chi connectivity index (χ0v) is 9.53. The van der Waals surface area contributed by atoms with Gasteiger partial charge in [0, 0.05) is 0 Å². The molecule has 1 aliphatic rings. The maximum Gasteiger partial charge on any atom is 2.00 e. The van der Waals surface area contributed by atoms with Gasteiger partial charge in [-0.05, 0) is 0 Å². The van der Waals surface area contributed by atoms with E-state index in [-0.39, 0.29) is 41.1 Å². The Bertz CT molecular complexity index is 47.0. The normalized spacial score (nSPS) is 14.0. The second-order valence-corrected chi connectivity index (χ2v) is 2.68. The Morgan fingerprint density at radius 3 is 1.11 bits per heavy atom. The van der Waals surface area contributed by atoms with E-state index in [0.717, 1.165) is 13.4 Å². The summed E-state index contributed by atoms with van der Waals surface area (Å²) >= 11 is 0. The molecule has 0 aromatic carbocycles. The van der Waals surface area contributed by atoms with E-state index >= 15 is 0 Å². The quantitative estimate of drug-likeness (QED) is 0.416. The van der Waals surface area contributed by atoms with Crippen molar-refractivity contribution < 1.29 is 26.2 Å². The molecule has 0 amide bonds. The number of hydrogen-bond acceptors (Lipinski definition) is 0. The van der Waals surface area contributed by atoms with Gasteiger partial charge < -0.3 is 14.9 Å². The Balaban J connectivity index is -0.000000120. The van der Waals surface area contributed by atoms with Crippen molar-refractivity contribution in [3.05, 3.63) is 14.9 Å². The zero-order valence-electron chi connectivity index (χ0n) is 7.07. The third kappa shape index (κ3) is 5.46. The van der Waals surface area contributed by atoms with Gasteiger partial charge in [0.25, 0.3) is 0 Å². The van der Waals surface area contributed by atoms with Crippen LogP contribution in [-0.4, -0.2) is 13.4 Å². The summed E-state index contributed by atoms with van der Waals surface area (Å²) in [6.07, 6.45) is 2.94. The summed E-state index contributed by atoms with van der Waals surface area (Å²) < 4.78 is 0. The molecule has 1 saturated heterocycles. The van der Waals surface area contributed by atoms with Crippen LogP contribution in [0.3, 0.4) is 0 Å². The van der Waals surface area contributed by atoms with E-state index in [1.165, 1.54) is 12.4 Å². The molecule has 0 aromatic rings. The molecule has 0 spiro atoms. The van der Waals surface area contributed by atoms with Crippen LogP contribution in [0.25, 0.3) is 0 Å². The predicted molar refractivity (Wildman–Crippen MR) is 45.7 cm³/mol. The van der Waals surface area contributed by atoms with Gasteiger partial charge in [-0.15, -0.1) is 0 Å². The van der Waals surface area contributed by atoms with Crippen molar-refractivity contribution in [2.75, 3.05) is 0 Å². The van der Waals surface area contributed by atoms with Crippen molar-refractivity contribution >= 4 is 13.4 Å². The molecule has 0 radical (unpaired) electrons. The molecule has 0 nitrogen and oxygen atoms in total. The summed E-state index contributed by atoms with van der Waals surface area (Å²) in [5.74, 6) is 0. The first-order valence-corrected chi connectivity index (χ1v) is 2.79. The van der Waals surface area contributed by atoms with Crippen molar-refractivity contribution in [3.63, 3.8) is 0 Å². The molecule has 1 heterocycles. The first-order chi connectivity index (χ1) is 2.79. The Morgan fingerprint density at radius 2 is 1.11 bits per heavy atom. The van der Waals surface area contributed by atoms with Crippen LogP contribution in [-0.2, 0) is 26.2 Å². The molecule has 3 heteroatoms. The smallest absolute Gasteiger partial charge is 0.358 e. The molecule has 0 aromatic heterocycles. The molecule has 0 N–H and O–H groups in total. The monoisotopic (exact) mass is 200 g/mol. The average Bonchev–Trinajstić information content (AvgIpc) is 1.33. The van der Waals surface area contributed by atoms with Gasteiger partial charge in [0.05, 0.1) is 0 Å². The van der Waals surface area contributed by atoms with Crippen LogP contribution in [0.5, 0.6) is 0 Å². The summed E-state index contributed by atoms with van der Waals surface area (Å²) in [6.45, 7) is 6.72. The fourth-order valence-corrected chi connectivity index (χ4v) is 1.30. The fraction of sp³-hybridized carbons (Fsp3) is 0.667. The Morgan fingerprint density at radius 1 is 0.889 bits per heavy atom. The Kier molecular flexibility index (Phi) is 13.1. The zero-order chi connectivity index (χ0) is 4.57. The first-order valence-electron chi connectivity index (χ1n) is 2.79. The van der Waals surface area contributed by atoms with E-state index in [0.29, 0.717) is 0 Å². The minimum Gasteiger partial charge on any atom is -0.358 e. The maximum atomic E-state index is 2.32. The minimum absolute atomic E-state index is 0. The van der Waals surface area contributed by atoms with Crippen LogP contribution >= 0.6 is 0 Å². The second kappa shape index (κ2) is 7.12. The molecule has 1 fully saturated rings. The standard InChI is InChI=1S/C4H10B2.2CH3.Zr/c1-5-3-6(2)4-5;;;/h3-4H2,1-2H3;2*1H3;/q;2*-1;+2. The van der Waals surface area contributed by atoms with Gasteiger partial charge in [0.2, 0.25) is 0 Å². The van der Waals surface area contributed by atoms with E-state index in [9.17, 15) is 0 Å². The fourth-order valence-electron chi connectivity index (χ4n) is 1.30. The molecule has 0 unspecified atom stereocenters. The van der Waals surface area contributed by atoms with Crippen LogP contribution in [0.15, 0.2) is 0 Å². The molecule has 1 aliphatic heterocycles. The number of hydrogen-bond donors (Lipinski definition) is 0. The van der Waals surface area contributed by atoms with Crippen LogP contribution in [0.4, 0.5) is 0 Å². The minimum atomic E-state index is 0. The molecule has 1 rings (SSSR count). The van der Waals surface area contributed by atoms with Crippen LogP contribution in [0.2, 0.25) is 26.1 Å². The molecule has 9 heavy (non-hydrogen) atoms. The molecular formula is C6H16B2Zr. The molecule has 50 valence electrons. The molecular weight excluding hydrogens is 185 g/mol. The second-order valence-electron chi connectivity index (χ2n) is 2.68. The summed E-state index contributed by atoms with van der Waals surface area (Å²) in [5.41, 5.74) is 0. The third-order valence-electron chi connectivity index (χ3n) is 1.61. The maximum absolute atomic E-state index is 2.32. The SMILES string of the molecule is CB1CB(C)C1.[CH3-].[CH3-].[Zr+2]. The van der Waals surface area contributed by atoms with E-state index in [1.807, 2.05) is 0 Å².